The number of nitrogens with zero attached hydrogens (tertiary/aromatic N) is 2. The quantitative estimate of drug-likeness (QED) is 0.914. The van der Waals surface area contributed by atoms with Crippen LogP contribution in [0.25, 0.3) is 10.9 Å². The van der Waals surface area contributed by atoms with Gasteiger partial charge in [0, 0.05) is 29.6 Å². The summed E-state index contributed by atoms with van der Waals surface area (Å²) in [4.78, 5) is 33.1. The van der Waals surface area contributed by atoms with Gasteiger partial charge in [-0.2, -0.15) is 0 Å². The van der Waals surface area contributed by atoms with Gasteiger partial charge in [-0.25, -0.2) is 0 Å². The molecule has 2 amide bonds. The van der Waals surface area contributed by atoms with E-state index < -0.39 is 11.6 Å². The van der Waals surface area contributed by atoms with Gasteiger partial charge in [0.25, 0.3) is 0 Å². The van der Waals surface area contributed by atoms with E-state index in [2.05, 4.69) is 31.0 Å². The molecule has 2 aliphatic heterocycles. The molecule has 25 heavy (non-hydrogen) atoms. The summed E-state index contributed by atoms with van der Waals surface area (Å²) in [5, 5.41) is 1.16. The third-order valence-electron chi connectivity index (χ3n) is 5.51. The van der Waals surface area contributed by atoms with Gasteiger partial charge >= 0.3 is 0 Å². The van der Waals surface area contributed by atoms with Crippen molar-refractivity contribution in [2.24, 2.45) is 5.92 Å². The van der Waals surface area contributed by atoms with Crippen LogP contribution in [0.1, 0.15) is 39.0 Å². The molecule has 1 atom stereocenters. The fourth-order valence-electron chi connectivity index (χ4n) is 4.54. The number of fused-ring (bicyclic) bond motifs is 4. The van der Waals surface area contributed by atoms with Gasteiger partial charge < -0.3 is 14.8 Å². The van der Waals surface area contributed by atoms with Crippen molar-refractivity contribution in [3.8, 4) is 0 Å². The van der Waals surface area contributed by atoms with Gasteiger partial charge in [0.1, 0.15) is 6.04 Å². The van der Waals surface area contributed by atoms with Gasteiger partial charge in [0.2, 0.25) is 11.8 Å². The van der Waals surface area contributed by atoms with E-state index in [0.717, 1.165) is 16.6 Å². The highest BCUT2D eigenvalue weighted by Gasteiger charge is 2.51. The van der Waals surface area contributed by atoms with Crippen molar-refractivity contribution in [1.82, 2.24) is 14.8 Å². The van der Waals surface area contributed by atoms with Crippen LogP contribution < -0.4 is 0 Å². The summed E-state index contributed by atoms with van der Waals surface area (Å²) in [5.41, 5.74) is 2.78. The Morgan fingerprint density at radius 2 is 1.96 bits per heavy atom. The molecule has 2 aromatic rings. The number of H-pyrrole nitrogens is 1. The number of rotatable bonds is 2. The minimum atomic E-state index is -0.520. The van der Waals surface area contributed by atoms with Crippen molar-refractivity contribution in [2.75, 3.05) is 13.1 Å². The molecule has 0 bridgehead atoms. The molecule has 0 aliphatic carbocycles. The summed E-state index contributed by atoms with van der Waals surface area (Å²) < 4.78 is 0. The number of carbonyl (C=O) groups is 2. The first-order valence-electron chi connectivity index (χ1n) is 9.01. The third kappa shape index (κ3) is 2.29. The zero-order valence-electron chi connectivity index (χ0n) is 15.3. The summed E-state index contributed by atoms with van der Waals surface area (Å²) in [6, 6.07) is 7.77. The standard InChI is InChI=1S/C20H25N3O2/c1-12(2)10-22-11-17(24)23-16(19(22)25)9-14-13-7-5-6-8-15(13)21-18(14)20(23,3)4/h5-8,12,16,21H,9-11H2,1-4H3/t16-/m0/s1. The number of para-hydroxylation sites is 1. The first kappa shape index (κ1) is 16.2. The second-order valence-corrected chi connectivity index (χ2v) is 8.18. The maximum absolute atomic E-state index is 13.1. The Hall–Kier alpha value is -2.30. The second-order valence-electron chi connectivity index (χ2n) is 8.18. The molecule has 132 valence electrons. The molecule has 5 heteroatoms. The van der Waals surface area contributed by atoms with Gasteiger partial charge in [-0.1, -0.05) is 32.0 Å². The smallest absolute Gasteiger partial charge is 0.246 e. The number of nitrogens with one attached hydrogen (secondary N) is 1. The SMILES string of the molecule is CC(C)CN1CC(=O)N2[C@@H](Cc3c([nH]c4ccccc34)C2(C)C)C1=O. The van der Waals surface area contributed by atoms with E-state index in [-0.39, 0.29) is 18.4 Å². The maximum atomic E-state index is 13.1. The first-order chi connectivity index (χ1) is 11.8. The number of amides is 2. The second kappa shape index (κ2) is 5.35. The Bertz CT molecular complexity index is 865. The monoisotopic (exact) mass is 339 g/mol. The van der Waals surface area contributed by atoms with Crippen LogP contribution in [0, 0.1) is 5.92 Å². The molecule has 0 spiro atoms. The topological polar surface area (TPSA) is 56.4 Å². The molecule has 3 heterocycles. The molecule has 5 nitrogen and oxygen atoms in total. The molecule has 0 unspecified atom stereocenters. The van der Waals surface area contributed by atoms with Crippen molar-refractivity contribution in [2.45, 2.75) is 45.7 Å². The van der Waals surface area contributed by atoms with E-state index in [0.29, 0.717) is 18.9 Å². The fourth-order valence-corrected chi connectivity index (χ4v) is 4.54. The molecule has 4 rings (SSSR count). The molecule has 1 aromatic carbocycles. The number of hydrogen-bond donors (Lipinski definition) is 1. The Kier molecular flexibility index (Phi) is 3.46. The minimum absolute atomic E-state index is 0.0413. The average Bonchev–Trinajstić information content (AvgIpc) is 2.91. The van der Waals surface area contributed by atoms with Gasteiger partial charge in [-0.15, -0.1) is 0 Å². The highest BCUT2D eigenvalue weighted by Crippen LogP contribution is 2.42. The Morgan fingerprint density at radius 3 is 2.68 bits per heavy atom. The number of aromatic amines is 1. The van der Waals surface area contributed by atoms with Crippen molar-refractivity contribution in [3.05, 3.63) is 35.5 Å². The number of piperazine rings is 1. The summed E-state index contributed by atoms with van der Waals surface area (Å²) in [6.07, 6.45) is 0.585. The Morgan fingerprint density at radius 1 is 1.24 bits per heavy atom. The van der Waals surface area contributed by atoms with E-state index in [1.165, 1.54) is 5.56 Å². The lowest BCUT2D eigenvalue weighted by molar-refractivity contribution is -0.164. The van der Waals surface area contributed by atoms with Crippen LogP contribution in [0.4, 0.5) is 0 Å². The van der Waals surface area contributed by atoms with E-state index in [4.69, 9.17) is 0 Å². The molecular weight excluding hydrogens is 314 g/mol. The average molecular weight is 339 g/mol. The maximum Gasteiger partial charge on any atom is 0.246 e. The predicted octanol–water partition coefficient (Wildman–Crippen LogP) is 2.65. The number of aromatic nitrogens is 1. The zero-order chi connectivity index (χ0) is 17.9. The summed E-state index contributed by atoms with van der Waals surface area (Å²) in [5.74, 6) is 0.473. The van der Waals surface area contributed by atoms with Crippen LogP contribution in [0.2, 0.25) is 0 Å². The predicted molar refractivity (Wildman–Crippen MR) is 97.1 cm³/mol. The molecule has 0 saturated carbocycles. The molecule has 0 radical (unpaired) electrons. The van der Waals surface area contributed by atoms with Crippen LogP contribution in [-0.4, -0.2) is 45.7 Å². The van der Waals surface area contributed by atoms with Gasteiger partial charge in [-0.05, 0) is 31.4 Å². The number of benzene rings is 1. The van der Waals surface area contributed by atoms with Crippen LogP contribution in [0.5, 0.6) is 0 Å². The Labute approximate surface area is 148 Å². The van der Waals surface area contributed by atoms with E-state index in [1.807, 2.05) is 30.9 Å². The highest BCUT2D eigenvalue weighted by molar-refractivity contribution is 5.97. The Balaban J connectivity index is 1.83. The van der Waals surface area contributed by atoms with Crippen molar-refractivity contribution >= 4 is 22.7 Å². The van der Waals surface area contributed by atoms with Crippen molar-refractivity contribution < 1.29 is 9.59 Å². The molecule has 1 N–H and O–H groups in total. The van der Waals surface area contributed by atoms with Gasteiger partial charge in [-0.3, -0.25) is 9.59 Å². The zero-order valence-corrected chi connectivity index (χ0v) is 15.3. The number of hydrogen-bond acceptors (Lipinski definition) is 2. The van der Waals surface area contributed by atoms with Crippen LogP contribution in [-0.2, 0) is 21.5 Å². The van der Waals surface area contributed by atoms with Crippen LogP contribution >= 0.6 is 0 Å². The minimum Gasteiger partial charge on any atom is -0.356 e. The van der Waals surface area contributed by atoms with E-state index in [9.17, 15) is 9.59 Å². The lowest BCUT2D eigenvalue weighted by Gasteiger charge is -2.51. The van der Waals surface area contributed by atoms with Crippen molar-refractivity contribution in [1.29, 1.82) is 0 Å². The summed E-state index contributed by atoms with van der Waals surface area (Å²) >= 11 is 0. The molecular formula is C20H25N3O2. The molecule has 1 fully saturated rings. The van der Waals surface area contributed by atoms with Crippen LogP contribution in [0.3, 0.4) is 0 Å². The highest BCUT2D eigenvalue weighted by atomic mass is 16.2. The molecule has 1 aromatic heterocycles. The van der Waals surface area contributed by atoms with E-state index in [1.54, 1.807) is 4.90 Å². The first-order valence-corrected chi connectivity index (χ1v) is 9.01. The lowest BCUT2D eigenvalue weighted by Crippen LogP contribution is -2.67. The molecule has 1 saturated heterocycles. The van der Waals surface area contributed by atoms with Crippen molar-refractivity contribution in [3.63, 3.8) is 0 Å². The molecule has 2 aliphatic rings. The van der Waals surface area contributed by atoms with Gasteiger partial charge in [0.15, 0.2) is 0 Å². The normalized spacial score (nSPS) is 22.5. The number of carbonyl (C=O) groups excluding carboxylic acids is 2. The summed E-state index contributed by atoms with van der Waals surface area (Å²) in [6.45, 7) is 9.05. The third-order valence-corrected chi connectivity index (χ3v) is 5.51. The lowest BCUT2D eigenvalue weighted by atomic mass is 9.82. The van der Waals surface area contributed by atoms with Gasteiger partial charge in [0.05, 0.1) is 12.1 Å². The largest absolute Gasteiger partial charge is 0.356 e. The van der Waals surface area contributed by atoms with Crippen LogP contribution in [0.15, 0.2) is 24.3 Å². The summed E-state index contributed by atoms with van der Waals surface area (Å²) in [7, 11) is 0. The fraction of sp³-hybridized carbons (Fsp3) is 0.500. The van der Waals surface area contributed by atoms with E-state index >= 15 is 0 Å².